The molecule has 0 aromatic heterocycles. The quantitative estimate of drug-likeness (QED) is 0.904. The van der Waals surface area contributed by atoms with E-state index in [0.29, 0.717) is 18.2 Å². The number of carboxylic acid groups (broad SMARTS) is 1. The molecular formula is C14H11F2NO4S. The molecule has 0 heterocycles. The molecule has 0 bridgehead atoms. The normalized spacial score (nSPS) is 11.2. The van der Waals surface area contributed by atoms with Crippen molar-refractivity contribution in [2.45, 2.75) is 11.8 Å². The van der Waals surface area contributed by atoms with Gasteiger partial charge in [0.15, 0.2) is 0 Å². The van der Waals surface area contributed by atoms with Gasteiger partial charge in [-0.25, -0.2) is 22.0 Å². The van der Waals surface area contributed by atoms with E-state index in [-0.39, 0.29) is 16.8 Å². The Morgan fingerprint density at radius 2 is 1.73 bits per heavy atom. The van der Waals surface area contributed by atoms with Crippen molar-refractivity contribution >= 4 is 21.7 Å². The van der Waals surface area contributed by atoms with Crippen LogP contribution in [0.25, 0.3) is 0 Å². The zero-order valence-electron chi connectivity index (χ0n) is 11.3. The van der Waals surface area contributed by atoms with Gasteiger partial charge in [0.2, 0.25) is 0 Å². The van der Waals surface area contributed by atoms with Crippen molar-refractivity contribution in [3.05, 3.63) is 59.2 Å². The SMILES string of the molecule is Cc1c(NS(=O)(=O)c2cc(F)cc(F)c2)cccc1C(=O)O. The Labute approximate surface area is 125 Å². The highest BCUT2D eigenvalue weighted by Crippen LogP contribution is 2.23. The number of halogens is 2. The summed E-state index contributed by atoms with van der Waals surface area (Å²) in [4.78, 5) is 10.4. The van der Waals surface area contributed by atoms with Crippen LogP contribution in [-0.4, -0.2) is 19.5 Å². The molecule has 0 spiro atoms. The van der Waals surface area contributed by atoms with Gasteiger partial charge >= 0.3 is 5.97 Å². The van der Waals surface area contributed by atoms with Crippen LogP contribution in [0.3, 0.4) is 0 Å². The van der Waals surface area contributed by atoms with Crippen LogP contribution in [0, 0.1) is 18.6 Å². The van der Waals surface area contributed by atoms with Gasteiger partial charge in [-0.3, -0.25) is 4.72 Å². The number of carbonyl (C=O) groups is 1. The number of aromatic carboxylic acids is 1. The lowest BCUT2D eigenvalue weighted by Gasteiger charge is -2.12. The molecule has 0 aliphatic carbocycles. The Morgan fingerprint density at radius 3 is 2.27 bits per heavy atom. The molecule has 22 heavy (non-hydrogen) atoms. The lowest BCUT2D eigenvalue weighted by molar-refractivity contribution is 0.0696. The number of nitrogens with one attached hydrogen (secondary N) is 1. The molecule has 2 rings (SSSR count). The van der Waals surface area contributed by atoms with E-state index in [1.165, 1.54) is 25.1 Å². The second-order valence-corrected chi connectivity index (χ2v) is 6.18. The Hall–Kier alpha value is -2.48. The lowest BCUT2D eigenvalue weighted by Crippen LogP contribution is -2.15. The zero-order valence-corrected chi connectivity index (χ0v) is 12.1. The Balaban J connectivity index is 2.45. The minimum atomic E-state index is -4.25. The topological polar surface area (TPSA) is 83.5 Å². The van der Waals surface area contributed by atoms with E-state index in [0.717, 1.165) is 0 Å². The molecular weight excluding hydrogens is 316 g/mol. The van der Waals surface area contributed by atoms with E-state index in [4.69, 9.17) is 5.11 Å². The molecule has 0 unspecified atom stereocenters. The van der Waals surface area contributed by atoms with Gasteiger partial charge in [0.05, 0.1) is 16.1 Å². The Bertz CT molecular complexity index is 830. The fourth-order valence-electron chi connectivity index (χ4n) is 1.87. The van der Waals surface area contributed by atoms with Crippen LogP contribution in [0.1, 0.15) is 15.9 Å². The van der Waals surface area contributed by atoms with Crippen LogP contribution in [0.2, 0.25) is 0 Å². The van der Waals surface area contributed by atoms with Crippen LogP contribution in [0.15, 0.2) is 41.3 Å². The first kappa shape index (κ1) is 15.9. The van der Waals surface area contributed by atoms with Crippen molar-refractivity contribution in [2.75, 3.05) is 4.72 Å². The van der Waals surface area contributed by atoms with Crippen LogP contribution < -0.4 is 4.72 Å². The van der Waals surface area contributed by atoms with Gasteiger partial charge in [0.25, 0.3) is 10.0 Å². The largest absolute Gasteiger partial charge is 0.478 e. The summed E-state index contributed by atoms with van der Waals surface area (Å²) in [7, 11) is -4.25. The number of hydrogen-bond donors (Lipinski definition) is 2. The summed E-state index contributed by atoms with van der Waals surface area (Å²) in [5, 5.41) is 9.00. The molecule has 0 saturated carbocycles. The van der Waals surface area contributed by atoms with E-state index in [1.54, 1.807) is 0 Å². The number of carboxylic acids is 1. The van der Waals surface area contributed by atoms with Gasteiger partial charge in [-0.15, -0.1) is 0 Å². The van der Waals surface area contributed by atoms with Crippen LogP contribution in [0.5, 0.6) is 0 Å². The second kappa shape index (κ2) is 5.72. The Kier molecular flexibility index (Phi) is 4.14. The molecule has 0 fully saturated rings. The highest BCUT2D eigenvalue weighted by atomic mass is 32.2. The molecule has 0 aliphatic rings. The third-order valence-electron chi connectivity index (χ3n) is 2.95. The van der Waals surface area contributed by atoms with Crippen molar-refractivity contribution in [3.63, 3.8) is 0 Å². The maximum Gasteiger partial charge on any atom is 0.336 e. The molecule has 8 heteroatoms. The summed E-state index contributed by atoms with van der Waals surface area (Å²) in [6.45, 7) is 1.42. The number of sulfonamides is 1. The molecule has 0 atom stereocenters. The van der Waals surface area contributed by atoms with Crippen LogP contribution in [-0.2, 0) is 10.0 Å². The Morgan fingerprint density at radius 1 is 1.14 bits per heavy atom. The van der Waals surface area contributed by atoms with Crippen LogP contribution >= 0.6 is 0 Å². The molecule has 0 amide bonds. The molecule has 5 nitrogen and oxygen atoms in total. The average molecular weight is 327 g/mol. The third-order valence-corrected chi connectivity index (χ3v) is 4.30. The monoisotopic (exact) mass is 327 g/mol. The van der Waals surface area contributed by atoms with Crippen molar-refractivity contribution < 1.29 is 27.1 Å². The highest BCUT2D eigenvalue weighted by Gasteiger charge is 2.19. The summed E-state index contributed by atoms with van der Waals surface area (Å²) in [6, 6.07) is 5.92. The van der Waals surface area contributed by atoms with E-state index in [9.17, 15) is 22.0 Å². The molecule has 116 valence electrons. The predicted octanol–water partition coefficient (Wildman–Crippen LogP) is 2.77. The maximum absolute atomic E-state index is 13.1. The first-order chi connectivity index (χ1) is 10.2. The molecule has 2 aromatic carbocycles. The number of hydrogen-bond acceptors (Lipinski definition) is 3. The molecule has 2 aromatic rings. The van der Waals surface area contributed by atoms with Gasteiger partial charge in [-0.05, 0) is 36.8 Å². The van der Waals surface area contributed by atoms with Gasteiger partial charge in [0.1, 0.15) is 11.6 Å². The smallest absolute Gasteiger partial charge is 0.336 e. The van der Waals surface area contributed by atoms with Gasteiger partial charge < -0.3 is 5.11 Å². The summed E-state index contributed by atoms with van der Waals surface area (Å²) in [5.74, 6) is -3.27. The standard InChI is InChI=1S/C14H11F2NO4S/c1-8-12(14(18)19)3-2-4-13(8)17-22(20,21)11-6-9(15)5-10(16)7-11/h2-7,17H,1H3,(H,18,19). The van der Waals surface area contributed by atoms with E-state index >= 15 is 0 Å². The summed E-state index contributed by atoms with van der Waals surface area (Å²) in [5.41, 5.74) is 0.130. The number of rotatable bonds is 4. The average Bonchev–Trinajstić information content (AvgIpc) is 2.39. The molecule has 0 radical (unpaired) electrons. The first-order valence-electron chi connectivity index (χ1n) is 6.02. The maximum atomic E-state index is 13.1. The zero-order chi connectivity index (χ0) is 16.5. The van der Waals surface area contributed by atoms with E-state index in [2.05, 4.69) is 4.72 Å². The van der Waals surface area contributed by atoms with Gasteiger partial charge in [-0.1, -0.05) is 6.07 Å². The van der Waals surface area contributed by atoms with E-state index < -0.39 is 32.5 Å². The second-order valence-electron chi connectivity index (χ2n) is 4.49. The van der Waals surface area contributed by atoms with Crippen molar-refractivity contribution in [1.82, 2.24) is 0 Å². The minimum absolute atomic E-state index is 0.0181. The number of benzene rings is 2. The predicted molar refractivity (Wildman–Crippen MR) is 75.3 cm³/mol. The van der Waals surface area contributed by atoms with Gasteiger partial charge in [0, 0.05) is 6.07 Å². The first-order valence-corrected chi connectivity index (χ1v) is 7.51. The summed E-state index contributed by atoms with van der Waals surface area (Å²) in [6.07, 6.45) is 0. The van der Waals surface area contributed by atoms with Crippen LogP contribution in [0.4, 0.5) is 14.5 Å². The molecule has 0 saturated heterocycles. The highest BCUT2D eigenvalue weighted by molar-refractivity contribution is 7.92. The minimum Gasteiger partial charge on any atom is -0.478 e. The van der Waals surface area contributed by atoms with E-state index in [1.807, 2.05) is 0 Å². The fraction of sp³-hybridized carbons (Fsp3) is 0.0714. The summed E-state index contributed by atoms with van der Waals surface area (Å²) < 4.78 is 52.7. The van der Waals surface area contributed by atoms with Crippen molar-refractivity contribution in [2.24, 2.45) is 0 Å². The summed E-state index contributed by atoms with van der Waals surface area (Å²) >= 11 is 0. The van der Waals surface area contributed by atoms with Gasteiger partial charge in [-0.2, -0.15) is 0 Å². The number of anilines is 1. The lowest BCUT2D eigenvalue weighted by atomic mass is 10.1. The van der Waals surface area contributed by atoms with Crippen molar-refractivity contribution in [1.29, 1.82) is 0 Å². The molecule has 2 N–H and O–H groups in total. The van der Waals surface area contributed by atoms with Crippen molar-refractivity contribution in [3.8, 4) is 0 Å². The molecule has 0 aliphatic heterocycles. The fourth-order valence-corrected chi connectivity index (χ4v) is 3.03. The third kappa shape index (κ3) is 3.22.